The minimum atomic E-state index is -0.985. The van der Waals surface area contributed by atoms with Gasteiger partial charge in [0.2, 0.25) is 0 Å². The van der Waals surface area contributed by atoms with Gasteiger partial charge in [0.1, 0.15) is 17.7 Å². The van der Waals surface area contributed by atoms with Gasteiger partial charge in [-0.2, -0.15) is 15.8 Å². The van der Waals surface area contributed by atoms with Crippen molar-refractivity contribution in [2.45, 2.75) is 19.8 Å². The third kappa shape index (κ3) is 4.72. The summed E-state index contributed by atoms with van der Waals surface area (Å²) in [5, 5.41) is 28.4. The summed E-state index contributed by atoms with van der Waals surface area (Å²) in [5.41, 5.74) is 2.59. The van der Waals surface area contributed by atoms with Gasteiger partial charge in [0, 0.05) is 18.8 Å². The van der Waals surface area contributed by atoms with Gasteiger partial charge < -0.3 is 4.90 Å². The van der Waals surface area contributed by atoms with Crippen LogP contribution in [-0.2, 0) is 0 Å². The highest BCUT2D eigenvalue weighted by molar-refractivity contribution is 6.05. The van der Waals surface area contributed by atoms with Gasteiger partial charge in [-0.25, -0.2) is 4.99 Å². The maximum absolute atomic E-state index is 9.67. The average molecular weight is 355 g/mol. The first-order valence-electron chi connectivity index (χ1n) is 8.86. The van der Waals surface area contributed by atoms with Crippen LogP contribution in [0.5, 0.6) is 0 Å². The van der Waals surface area contributed by atoms with E-state index in [1.54, 1.807) is 0 Å². The van der Waals surface area contributed by atoms with Crippen LogP contribution in [0.1, 0.15) is 25.3 Å². The summed E-state index contributed by atoms with van der Waals surface area (Å²) in [7, 11) is 0. The van der Waals surface area contributed by atoms with Crippen molar-refractivity contribution in [3.63, 3.8) is 0 Å². The summed E-state index contributed by atoms with van der Waals surface area (Å²) < 4.78 is 0. The molecule has 5 heteroatoms. The molecule has 1 atom stereocenters. The Morgan fingerprint density at radius 2 is 1.52 bits per heavy atom. The molecule has 1 unspecified atom stereocenters. The lowest BCUT2D eigenvalue weighted by molar-refractivity contribution is 0.770. The summed E-state index contributed by atoms with van der Waals surface area (Å²) >= 11 is 0. The highest BCUT2D eigenvalue weighted by Gasteiger charge is 2.28. The highest BCUT2D eigenvalue weighted by atomic mass is 15.1. The Morgan fingerprint density at radius 3 is 2.00 bits per heavy atom. The van der Waals surface area contributed by atoms with Crippen LogP contribution in [-0.4, -0.2) is 18.8 Å². The molecule has 5 nitrogen and oxygen atoms in total. The van der Waals surface area contributed by atoms with Crippen LogP contribution in [0.25, 0.3) is 0 Å². The fourth-order valence-electron chi connectivity index (χ4n) is 2.98. The van der Waals surface area contributed by atoms with Crippen LogP contribution in [0, 0.1) is 39.9 Å². The van der Waals surface area contributed by atoms with Gasteiger partial charge in [0.15, 0.2) is 0 Å². The Labute approximate surface area is 160 Å². The Bertz CT molecular complexity index is 877. The zero-order valence-corrected chi connectivity index (χ0v) is 15.5. The van der Waals surface area contributed by atoms with Crippen molar-refractivity contribution in [1.82, 2.24) is 0 Å². The monoisotopic (exact) mass is 355 g/mol. The van der Waals surface area contributed by atoms with Crippen molar-refractivity contribution < 1.29 is 0 Å². The number of anilines is 1. The molecule has 0 amide bonds. The Balaban J connectivity index is 2.44. The molecule has 134 valence electrons. The molecule has 0 saturated carbocycles. The van der Waals surface area contributed by atoms with Gasteiger partial charge >= 0.3 is 0 Å². The van der Waals surface area contributed by atoms with Gasteiger partial charge in [0.05, 0.1) is 23.7 Å². The third-order valence-corrected chi connectivity index (χ3v) is 4.41. The number of aliphatic imine (C=N–C) groups is 1. The molecule has 2 rings (SSSR count). The molecule has 0 spiro atoms. The largest absolute Gasteiger partial charge is 0.372 e. The van der Waals surface area contributed by atoms with Crippen molar-refractivity contribution in [3.8, 4) is 18.2 Å². The molecule has 0 N–H and O–H groups in total. The molecule has 27 heavy (non-hydrogen) atoms. The standard InChI is InChI=1S/C22H21N5/c1-3-27(4-2)20-12-10-19(11-13-20)26-21(16-25)22(18(14-23)15-24)17-8-6-5-7-9-17/h5-13,18,22H,3-4H2,1-2H3. The minimum Gasteiger partial charge on any atom is -0.372 e. The summed E-state index contributed by atoms with van der Waals surface area (Å²) in [5.74, 6) is -1.67. The van der Waals surface area contributed by atoms with E-state index in [4.69, 9.17) is 0 Å². The predicted molar refractivity (Wildman–Crippen MR) is 107 cm³/mol. The average Bonchev–Trinajstić information content (AvgIpc) is 2.73. The quantitative estimate of drug-likeness (QED) is 0.680. The van der Waals surface area contributed by atoms with E-state index >= 15 is 0 Å². The van der Waals surface area contributed by atoms with Crippen LogP contribution in [0.15, 0.2) is 59.6 Å². The topological polar surface area (TPSA) is 87.0 Å². The van der Waals surface area contributed by atoms with Crippen molar-refractivity contribution >= 4 is 17.1 Å². The van der Waals surface area contributed by atoms with E-state index in [1.165, 1.54) is 0 Å². The van der Waals surface area contributed by atoms with E-state index in [1.807, 2.05) is 66.7 Å². The van der Waals surface area contributed by atoms with Crippen LogP contribution in [0.3, 0.4) is 0 Å². The van der Waals surface area contributed by atoms with Crippen molar-refractivity contribution in [1.29, 1.82) is 15.8 Å². The first-order chi connectivity index (χ1) is 13.2. The lowest BCUT2D eigenvalue weighted by atomic mass is 9.84. The van der Waals surface area contributed by atoms with E-state index in [-0.39, 0.29) is 5.71 Å². The van der Waals surface area contributed by atoms with E-state index < -0.39 is 11.8 Å². The van der Waals surface area contributed by atoms with Gasteiger partial charge in [-0.3, -0.25) is 0 Å². The van der Waals surface area contributed by atoms with Crippen LogP contribution < -0.4 is 4.90 Å². The Kier molecular flexibility index (Phi) is 7.12. The number of hydrogen-bond donors (Lipinski definition) is 0. The molecular formula is C22H21N5. The number of benzene rings is 2. The molecule has 0 fully saturated rings. The zero-order valence-electron chi connectivity index (χ0n) is 15.5. The molecular weight excluding hydrogens is 334 g/mol. The molecule has 2 aromatic rings. The number of nitrogens with zero attached hydrogens (tertiary/aromatic N) is 5. The second-order valence-corrected chi connectivity index (χ2v) is 5.92. The molecule has 0 aromatic heterocycles. The second-order valence-electron chi connectivity index (χ2n) is 5.92. The molecule has 0 radical (unpaired) electrons. The van der Waals surface area contributed by atoms with Crippen LogP contribution >= 0.6 is 0 Å². The fraction of sp³-hybridized carbons (Fsp3) is 0.273. The SMILES string of the molecule is CCN(CC)c1ccc(N=C(C#N)C(c2ccccc2)C(C#N)C#N)cc1. The Hall–Kier alpha value is -3.62. The van der Waals surface area contributed by atoms with E-state index in [2.05, 4.69) is 29.8 Å². The van der Waals surface area contributed by atoms with Gasteiger partial charge in [-0.05, 0) is 43.7 Å². The zero-order chi connectivity index (χ0) is 19.6. The molecule has 0 aliphatic carbocycles. The van der Waals surface area contributed by atoms with E-state index in [0.29, 0.717) is 5.69 Å². The highest BCUT2D eigenvalue weighted by Crippen LogP contribution is 2.28. The fourth-order valence-corrected chi connectivity index (χ4v) is 2.98. The number of rotatable bonds is 7. The second kappa shape index (κ2) is 9.76. The lowest BCUT2D eigenvalue weighted by Gasteiger charge is -2.21. The smallest absolute Gasteiger partial charge is 0.146 e. The molecule has 0 aliphatic heterocycles. The van der Waals surface area contributed by atoms with Gasteiger partial charge in [0.25, 0.3) is 0 Å². The molecule has 0 aliphatic rings. The minimum absolute atomic E-state index is 0.157. The predicted octanol–water partition coefficient (Wildman–Crippen LogP) is 4.58. The summed E-state index contributed by atoms with van der Waals surface area (Å²) in [6.07, 6.45) is 0. The summed E-state index contributed by atoms with van der Waals surface area (Å²) in [6, 6.07) is 22.8. The van der Waals surface area contributed by atoms with Gasteiger partial charge in [-0.15, -0.1) is 0 Å². The summed E-state index contributed by atoms with van der Waals surface area (Å²) in [6.45, 7) is 6.00. The van der Waals surface area contributed by atoms with Crippen molar-refractivity contribution in [3.05, 3.63) is 60.2 Å². The van der Waals surface area contributed by atoms with Crippen molar-refractivity contribution in [2.24, 2.45) is 10.9 Å². The number of hydrogen-bond acceptors (Lipinski definition) is 5. The van der Waals surface area contributed by atoms with Gasteiger partial charge in [-0.1, -0.05) is 30.3 Å². The molecule has 0 bridgehead atoms. The van der Waals surface area contributed by atoms with Crippen molar-refractivity contribution in [2.75, 3.05) is 18.0 Å². The maximum Gasteiger partial charge on any atom is 0.146 e. The van der Waals surface area contributed by atoms with E-state index in [0.717, 1.165) is 24.3 Å². The first-order valence-corrected chi connectivity index (χ1v) is 8.86. The lowest BCUT2D eigenvalue weighted by Crippen LogP contribution is -2.21. The Morgan fingerprint density at radius 1 is 0.926 bits per heavy atom. The molecule has 0 saturated heterocycles. The molecule has 2 aromatic carbocycles. The normalized spacial score (nSPS) is 11.9. The summed E-state index contributed by atoms with van der Waals surface area (Å²) in [4.78, 5) is 6.67. The van der Waals surface area contributed by atoms with Crippen LogP contribution in [0.4, 0.5) is 11.4 Å². The van der Waals surface area contributed by atoms with Crippen LogP contribution in [0.2, 0.25) is 0 Å². The van der Waals surface area contributed by atoms with E-state index in [9.17, 15) is 15.8 Å². The molecule has 0 heterocycles. The number of nitriles is 3. The maximum atomic E-state index is 9.67. The first kappa shape index (κ1) is 19.7. The third-order valence-electron chi connectivity index (χ3n) is 4.41.